The predicted octanol–water partition coefficient (Wildman–Crippen LogP) is -1.95. The molecule has 24 N–H and O–H groups in total. The van der Waals surface area contributed by atoms with Gasteiger partial charge in [-0.25, -0.2) is 28.8 Å². The summed E-state index contributed by atoms with van der Waals surface area (Å²) < 4.78 is 0. The molecule has 222 valence electrons. The van der Waals surface area contributed by atoms with Gasteiger partial charge in [0.15, 0.2) is 0 Å². The van der Waals surface area contributed by atoms with Crippen molar-refractivity contribution in [3.63, 3.8) is 0 Å². The predicted molar refractivity (Wildman–Crippen MR) is 118 cm³/mol. The molecule has 0 spiro atoms. The summed E-state index contributed by atoms with van der Waals surface area (Å²) in [4.78, 5) is 51.3. The van der Waals surface area contributed by atoms with Crippen molar-refractivity contribution in [2.24, 2.45) is 34.4 Å². The average Bonchev–Trinajstić information content (AvgIpc) is 2.65. The van der Waals surface area contributed by atoms with Crippen molar-refractivity contribution >= 4 is 36.9 Å². The van der Waals surface area contributed by atoms with E-state index in [1.54, 1.807) is 0 Å². The van der Waals surface area contributed by atoms with Crippen LogP contribution in [-0.4, -0.2) is 137 Å². The van der Waals surface area contributed by atoms with Crippen LogP contribution in [0, 0.1) is 0 Å². The van der Waals surface area contributed by atoms with Gasteiger partial charge in [0.2, 0.25) is 0 Å². The SMILES string of the molecule is NCCN.NCCN.NCCN.O=C(O)O.O=C(O)O.O=C(O)O.O=C(O)O.O=C(O)O.O=C(O)O. The van der Waals surface area contributed by atoms with Gasteiger partial charge < -0.3 is 95.7 Å². The molecule has 0 bridgehead atoms. The molecule has 0 aliphatic rings. The Morgan fingerprint density at radius 1 is 0.278 bits per heavy atom. The quantitative estimate of drug-likeness (QED) is 0.180. The minimum Gasteiger partial charge on any atom is -0.450 e. The van der Waals surface area contributed by atoms with Crippen molar-refractivity contribution < 1.29 is 90.0 Å². The number of carbonyl (C=O) groups is 6. The van der Waals surface area contributed by atoms with Crippen molar-refractivity contribution in [2.45, 2.75) is 0 Å². The highest BCUT2D eigenvalue weighted by atomic mass is 16.6. The molecule has 0 heterocycles. The molecule has 24 nitrogen and oxygen atoms in total. The molecule has 0 saturated heterocycles. The second-order valence-corrected chi connectivity index (χ2v) is 3.43. The largest absolute Gasteiger partial charge is 0.503 e. The molecule has 0 aliphatic heterocycles. The second-order valence-electron chi connectivity index (χ2n) is 3.43. The van der Waals surface area contributed by atoms with Crippen LogP contribution in [-0.2, 0) is 0 Å². The van der Waals surface area contributed by atoms with Gasteiger partial charge in [0, 0.05) is 39.3 Å². The van der Waals surface area contributed by atoms with Gasteiger partial charge in [-0.3, -0.25) is 0 Å². The molecule has 0 aliphatic carbocycles. The summed E-state index contributed by atoms with van der Waals surface area (Å²) in [7, 11) is 0. The molecule has 0 rings (SSSR count). The zero-order chi connectivity index (χ0) is 31.7. The lowest BCUT2D eigenvalue weighted by Gasteiger charge is -1.72. The molecule has 0 amide bonds. The van der Waals surface area contributed by atoms with E-state index in [9.17, 15) is 0 Å². The van der Waals surface area contributed by atoms with Crippen LogP contribution >= 0.6 is 0 Å². The second kappa shape index (κ2) is 69.8. The van der Waals surface area contributed by atoms with Gasteiger partial charge in [0.25, 0.3) is 0 Å². The number of carboxylic acid groups (broad SMARTS) is 12. The van der Waals surface area contributed by atoms with Crippen molar-refractivity contribution in [3.8, 4) is 0 Å². The molecule has 0 unspecified atom stereocenters. The topological polar surface area (TPSA) is 501 Å². The zero-order valence-corrected chi connectivity index (χ0v) is 18.5. The van der Waals surface area contributed by atoms with E-state index in [0.29, 0.717) is 39.3 Å². The van der Waals surface area contributed by atoms with Crippen LogP contribution in [0.3, 0.4) is 0 Å². The highest BCUT2D eigenvalue weighted by Crippen LogP contribution is 1.44. The lowest BCUT2D eigenvalue weighted by Crippen LogP contribution is -2.11. The van der Waals surface area contributed by atoms with Gasteiger partial charge in [0.1, 0.15) is 0 Å². The first-order valence-corrected chi connectivity index (χ1v) is 7.86. The third kappa shape index (κ3) is 9020. The Morgan fingerprint density at radius 2 is 0.306 bits per heavy atom. The molecule has 24 heteroatoms. The molecular formula is C12H36N6O18. The summed E-state index contributed by atoms with van der Waals surface area (Å²) in [5.74, 6) is 0. The fourth-order valence-electron chi connectivity index (χ4n) is 0. The van der Waals surface area contributed by atoms with Gasteiger partial charge in [-0.05, 0) is 0 Å². The molecular weight excluding hydrogens is 516 g/mol. The molecule has 0 aromatic rings. The normalized spacial score (nSPS) is 6.50. The molecule has 0 fully saturated rings. The van der Waals surface area contributed by atoms with E-state index < -0.39 is 36.9 Å². The fourth-order valence-corrected chi connectivity index (χ4v) is 0. The van der Waals surface area contributed by atoms with E-state index in [1.165, 1.54) is 0 Å². The minimum atomic E-state index is -1.83. The Kier molecular flexibility index (Phi) is 112. The molecule has 36 heavy (non-hydrogen) atoms. The summed E-state index contributed by atoms with van der Waals surface area (Å²) in [6.07, 6.45) is -11.0. The van der Waals surface area contributed by atoms with Gasteiger partial charge in [-0.15, -0.1) is 0 Å². The van der Waals surface area contributed by atoms with Crippen molar-refractivity contribution in [3.05, 3.63) is 0 Å². The third-order valence-electron chi connectivity index (χ3n) is 0.500. The van der Waals surface area contributed by atoms with Crippen LogP contribution < -0.4 is 34.4 Å². The van der Waals surface area contributed by atoms with Crippen LogP contribution in [0.15, 0.2) is 0 Å². The van der Waals surface area contributed by atoms with Crippen molar-refractivity contribution in [1.82, 2.24) is 0 Å². The molecule has 0 aromatic carbocycles. The molecule has 0 saturated carbocycles. The van der Waals surface area contributed by atoms with Crippen LogP contribution in [0.1, 0.15) is 0 Å². The van der Waals surface area contributed by atoms with Gasteiger partial charge in [-0.1, -0.05) is 0 Å². The monoisotopic (exact) mass is 552 g/mol. The number of rotatable bonds is 3. The first-order valence-electron chi connectivity index (χ1n) is 7.86. The smallest absolute Gasteiger partial charge is 0.450 e. The van der Waals surface area contributed by atoms with E-state index in [1.807, 2.05) is 0 Å². The average molecular weight is 552 g/mol. The van der Waals surface area contributed by atoms with Crippen LogP contribution in [0.25, 0.3) is 0 Å². The number of hydrogen-bond acceptors (Lipinski definition) is 12. The zero-order valence-electron chi connectivity index (χ0n) is 18.5. The lowest BCUT2D eigenvalue weighted by atomic mass is 10.7. The Bertz CT molecular complexity index is 349. The number of nitrogens with two attached hydrogens (primary N) is 6. The maximum atomic E-state index is 8.56. The van der Waals surface area contributed by atoms with Gasteiger partial charge in [0.05, 0.1) is 0 Å². The minimum absolute atomic E-state index is 0.597. The lowest BCUT2D eigenvalue weighted by molar-refractivity contribution is 0.135. The van der Waals surface area contributed by atoms with E-state index in [4.69, 9.17) is 124 Å². The summed E-state index contributed by atoms with van der Waals surface area (Å²) in [6.45, 7) is 3.58. The molecule has 0 atom stereocenters. The Labute approximate surface area is 201 Å². The molecule has 0 radical (unpaired) electrons. The van der Waals surface area contributed by atoms with Crippen molar-refractivity contribution in [2.75, 3.05) is 39.3 Å². The van der Waals surface area contributed by atoms with E-state index in [0.717, 1.165) is 0 Å². The standard InChI is InChI=1S/3C2H8N2.6CH2O3/c3*3-1-2-4;6*2-1(3)4/h3*1-4H2;6*(H2,2,3,4). The summed E-state index contributed by atoms with van der Waals surface area (Å²) in [5, 5.41) is 83.7. The maximum Gasteiger partial charge on any atom is 0.503 e. The van der Waals surface area contributed by atoms with E-state index in [-0.39, 0.29) is 0 Å². The highest BCUT2D eigenvalue weighted by Gasteiger charge is 1.72. The summed E-state index contributed by atoms with van der Waals surface area (Å²) in [6, 6.07) is 0. The Balaban J connectivity index is -0.0000000325. The Morgan fingerprint density at radius 3 is 0.306 bits per heavy atom. The van der Waals surface area contributed by atoms with E-state index in [2.05, 4.69) is 0 Å². The van der Waals surface area contributed by atoms with E-state index >= 15 is 0 Å². The first kappa shape index (κ1) is 57.8. The van der Waals surface area contributed by atoms with Crippen LogP contribution in [0.2, 0.25) is 0 Å². The maximum absolute atomic E-state index is 8.56. The van der Waals surface area contributed by atoms with Crippen molar-refractivity contribution in [1.29, 1.82) is 0 Å². The summed E-state index contributed by atoms with van der Waals surface area (Å²) >= 11 is 0. The van der Waals surface area contributed by atoms with Crippen LogP contribution in [0.4, 0.5) is 28.8 Å². The fraction of sp³-hybridized carbons (Fsp3) is 0.500. The third-order valence-corrected chi connectivity index (χ3v) is 0.500. The van der Waals surface area contributed by atoms with Gasteiger partial charge >= 0.3 is 36.9 Å². The first-order chi connectivity index (χ1) is 16.1. The molecule has 0 aromatic heterocycles. The summed E-state index contributed by atoms with van der Waals surface area (Å²) in [5.41, 5.74) is 29.4. The van der Waals surface area contributed by atoms with Crippen LogP contribution in [0.5, 0.6) is 0 Å². The van der Waals surface area contributed by atoms with Gasteiger partial charge in [-0.2, -0.15) is 0 Å². The Hall–Kier alpha value is -4.62. The number of hydrogen-bond donors (Lipinski definition) is 18. The highest BCUT2D eigenvalue weighted by molar-refractivity contribution is 5.54.